The van der Waals surface area contributed by atoms with Crippen molar-refractivity contribution < 1.29 is 23.1 Å². The lowest BCUT2D eigenvalue weighted by atomic mass is 10.1. The number of benzene rings is 1. The topological polar surface area (TPSA) is 139 Å². The van der Waals surface area contributed by atoms with E-state index in [1.54, 1.807) is 0 Å². The molecular weight excluding hydrogens is 298 g/mol. The molecule has 0 radical (unpaired) electrons. The number of nitrogens with one attached hydrogen (secondary N) is 2. The maximum absolute atomic E-state index is 11.7. The molecule has 0 saturated carbocycles. The van der Waals surface area contributed by atoms with Gasteiger partial charge in [-0.05, 0) is 31.0 Å². The Bertz CT molecular complexity index is 686. The average Bonchev–Trinajstić information content (AvgIpc) is 2.40. The van der Waals surface area contributed by atoms with Gasteiger partial charge in [0.1, 0.15) is 6.04 Å². The number of hydrogen-bond acceptors (Lipinski definition) is 5. The van der Waals surface area contributed by atoms with Crippen LogP contribution in [0.2, 0.25) is 0 Å². The van der Waals surface area contributed by atoms with Crippen LogP contribution < -0.4 is 15.8 Å². The Labute approximate surface area is 121 Å². The molecule has 1 saturated heterocycles. The van der Waals surface area contributed by atoms with Gasteiger partial charge in [-0.15, -0.1) is 0 Å². The van der Waals surface area contributed by atoms with E-state index in [0.717, 1.165) is 12.5 Å². The highest BCUT2D eigenvalue weighted by Gasteiger charge is 2.24. The molecule has 114 valence electrons. The van der Waals surface area contributed by atoms with Crippen molar-refractivity contribution in [1.82, 2.24) is 5.32 Å². The molecule has 1 aromatic rings. The molecule has 1 aliphatic rings. The Balaban J connectivity index is 2.35. The number of carbonyl (C=O) groups is 2. The number of hydrogen-bond donors (Lipinski definition) is 4. The normalized spacial score (nSPS) is 18.9. The lowest BCUT2D eigenvalue weighted by Gasteiger charge is -2.24. The second-order valence-electron chi connectivity index (χ2n) is 4.69. The van der Waals surface area contributed by atoms with Gasteiger partial charge in [0.15, 0.2) is 0 Å². The molecule has 1 fully saturated rings. The van der Waals surface area contributed by atoms with E-state index in [1.165, 1.54) is 12.1 Å². The highest BCUT2D eigenvalue weighted by molar-refractivity contribution is 7.89. The number of carboxylic acid groups (broad SMARTS) is 1. The summed E-state index contributed by atoms with van der Waals surface area (Å²) in [5.41, 5.74) is -0.0724. The Morgan fingerprint density at radius 3 is 2.71 bits per heavy atom. The molecule has 0 spiro atoms. The second kappa shape index (κ2) is 5.70. The quantitative estimate of drug-likeness (QED) is 0.603. The van der Waals surface area contributed by atoms with Gasteiger partial charge in [-0.1, -0.05) is 0 Å². The van der Waals surface area contributed by atoms with E-state index in [1.807, 2.05) is 0 Å². The van der Waals surface area contributed by atoms with Crippen LogP contribution in [0.5, 0.6) is 0 Å². The molecule has 1 aliphatic heterocycles. The summed E-state index contributed by atoms with van der Waals surface area (Å²) >= 11 is 0. The third-order valence-electron chi connectivity index (χ3n) is 3.17. The number of rotatable bonds is 4. The zero-order chi connectivity index (χ0) is 15.6. The van der Waals surface area contributed by atoms with Crippen molar-refractivity contribution in [3.8, 4) is 0 Å². The van der Waals surface area contributed by atoms with E-state index in [-0.39, 0.29) is 22.1 Å². The molecule has 0 aromatic heterocycles. The first-order chi connectivity index (χ1) is 9.79. The molecule has 1 amide bonds. The molecule has 8 nitrogen and oxygen atoms in total. The van der Waals surface area contributed by atoms with Gasteiger partial charge in [-0.25, -0.2) is 18.4 Å². The van der Waals surface area contributed by atoms with Crippen molar-refractivity contribution >= 4 is 27.6 Å². The van der Waals surface area contributed by atoms with Crippen molar-refractivity contribution in [2.24, 2.45) is 5.14 Å². The zero-order valence-corrected chi connectivity index (χ0v) is 11.8. The van der Waals surface area contributed by atoms with Crippen LogP contribution in [0.4, 0.5) is 5.69 Å². The van der Waals surface area contributed by atoms with E-state index in [9.17, 15) is 23.1 Å². The molecule has 1 atom stereocenters. The number of aromatic carboxylic acids is 1. The predicted octanol–water partition coefficient (Wildman–Crippen LogP) is -0.277. The first-order valence-corrected chi connectivity index (χ1v) is 7.78. The summed E-state index contributed by atoms with van der Waals surface area (Å²) in [5.74, 6) is -1.52. The van der Waals surface area contributed by atoms with Crippen molar-refractivity contribution in [3.63, 3.8) is 0 Å². The summed E-state index contributed by atoms with van der Waals surface area (Å²) in [4.78, 5) is 22.6. The number of piperidine rings is 1. The number of sulfonamides is 1. The van der Waals surface area contributed by atoms with Gasteiger partial charge in [0, 0.05) is 12.2 Å². The highest BCUT2D eigenvalue weighted by Crippen LogP contribution is 2.22. The molecule has 2 rings (SSSR count). The number of primary sulfonamides is 1. The van der Waals surface area contributed by atoms with Crippen LogP contribution in [0.3, 0.4) is 0 Å². The van der Waals surface area contributed by atoms with E-state index in [0.29, 0.717) is 13.0 Å². The number of carboxylic acids is 1. The minimum atomic E-state index is -3.99. The number of anilines is 1. The molecular formula is C12H15N3O5S. The minimum absolute atomic E-state index is 0.178. The molecule has 0 bridgehead atoms. The molecule has 1 aromatic carbocycles. The van der Waals surface area contributed by atoms with Gasteiger partial charge in [0.05, 0.1) is 10.5 Å². The van der Waals surface area contributed by atoms with Gasteiger partial charge in [0.2, 0.25) is 15.9 Å². The minimum Gasteiger partial charge on any atom is -0.478 e. The zero-order valence-electron chi connectivity index (χ0n) is 11.0. The molecule has 1 heterocycles. The van der Waals surface area contributed by atoms with Crippen LogP contribution in [0.25, 0.3) is 0 Å². The summed E-state index contributed by atoms with van der Waals surface area (Å²) < 4.78 is 22.5. The Hall–Kier alpha value is -2.13. The third kappa shape index (κ3) is 3.50. The summed E-state index contributed by atoms with van der Waals surface area (Å²) in [6.45, 7) is 0.590. The lowest BCUT2D eigenvalue weighted by molar-refractivity contribution is -0.123. The largest absolute Gasteiger partial charge is 0.478 e. The summed E-state index contributed by atoms with van der Waals surface area (Å²) in [7, 11) is -3.99. The van der Waals surface area contributed by atoms with E-state index in [2.05, 4.69) is 10.6 Å². The van der Waals surface area contributed by atoms with Crippen LogP contribution in [-0.4, -0.2) is 38.0 Å². The van der Waals surface area contributed by atoms with Gasteiger partial charge in [-0.2, -0.15) is 0 Å². The molecule has 0 aliphatic carbocycles. The Morgan fingerprint density at radius 1 is 1.43 bits per heavy atom. The maximum atomic E-state index is 11.7. The fourth-order valence-corrected chi connectivity index (χ4v) is 2.64. The fourth-order valence-electron chi connectivity index (χ4n) is 2.10. The lowest BCUT2D eigenvalue weighted by Crippen LogP contribution is -2.44. The van der Waals surface area contributed by atoms with Gasteiger partial charge >= 0.3 is 5.97 Å². The van der Waals surface area contributed by atoms with E-state index < -0.39 is 22.0 Å². The predicted molar refractivity (Wildman–Crippen MR) is 74.4 cm³/mol. The number of amides is 1. The van der Waals surface area contributed by atoms with Gasteiger partial charge in [0.25, 0.3) is 0 Å². The fraction of sp³-hybridized carbons (Fsp3) is 0.333. The monoisotopic (exact) mass is 313 g/mol. The van der Waals surface area contributed by atoms with Crippen LogP contribution in [0.15, 0.2) is 23.1 Å². The number of nitrogens with two attached hydrogens (primary N) is 1. The maximum Gasteiger partial charge on any atom is 0.337 e. The number of carbonyl (C=O) groups excluding carboxylic acids is 1. The molecule has 21 heavy (non-hydrogen) atoms. The van der Waals surface area contributed by atoms with Gasteiger partial charge in [-0.3, -0.25) is 4.79 Å². The van der Waals surface area contributed by atoms with Crippen LogP contribution in [0.1, 0.15) is 23.2 Å². The summed E-state index contributed by atoms with van der Waals surface area (Å²) in [5, 5.41) is 19.7. The van der Waals surface area contributed by atoms with Gasteiger partial charge < -0.3 is 15.7 Å². The van der Waals surface area contributed by atoms with Crippen LogP contribution >= 0.6 is 0 Å². The Kier molecular flexibility index (Phi) is 4.14. The van der Waals surface area contributed by atoms with E-state index in [4.69, 9.17) is 5.14 Å². The molecule has 1 unspecified atom stereocenters. The van der Waals surface area contributed by atoms with Crippen molar-refractivity contribution in [1.29, 1.82) is 0 Å². The van der Waals surface area contributed by atoms with Crippen LogP contribution in [0, 0.1) is 0 Å². The summed E-state index contributed by atoms with van der Waals surface area (Å²) in [6, 6.07) is 2.92. The van der Waals surface area contributed by atoms with Crippen LogP contribution in [-0.2, 0) is 14.8 Å². The first kappa shape index (κ1) is 15.3. The highest BCUT2D eigenvalue weighted by atomic mass is 32.2. The third-order valence-corrected chi connectivity index (χ3v) is 4.08. The molecule has 9 heteroatoms. The van der Waals surface area contributed by atoms with Crippen molar-refractivity contribution in [2.45, 2.75) is 23.8 Å². The van der Waals surface area contributed by atoms with Crippen molar-refractivity contribution in [3.05, 3.63) is 23.8 Å². The SMILES string of the molecule is NS(=O)(=O)c1ccc(NC2CCCNC2=O)c(C(=O)O)c1. The smallest absolute Gasteiger partial charge is 0.337 e. The average molecular weight is 313 g/mol. The first-order valence-electron chi connectivity index (χ1n) is 6.23. The Morgan fingerprint density at radius 2 is 2.14 bits per heavy atom. The standard InChI is InChI=1S/C12H15N3O5S/c13-21(19,20)7-3-4-9(8(6-7)12(17)18)15-10-2-1-5-14-11(10)16/h3-4,6,10,15H,1-2,5H2,(H,14,16)(H,17,18)(H2,13,19,20). The van der Waals surface area contributed by atoms with E-state index >= 15 is 0 Å². The molecule has 5 N–H and O–H groups in total. The van der Waals surface area contributed by atoms with Crippen molar-refractivity contribution in [2.75, 3.05) is 11.9 Å². The summed E-state index contributed by atoms with van der Waals surface area (Å²) in [6.07, 6.45) is 1.35. The second-order valence-corrected chi connectivity index (χ2v) is 6.25.